The molecule has 0 aromatic rings. The second kappa shape index (κ2) is 3.44. The maximum atomic E-state index is 2.46. The van der Waals surface area contributed by atoms with Crippen LogP contribution in [-0.2, 0) is 0 Å². The normalized spacial score (nSPS) is 26.4. The Hall–Kier alpha value is 0.430. The van der Waals surface area contributed by atoms with Crippen molar-refractivity contribution in [3.8, 4) is 0 Å². The van der Waals surface area contributed by atoms with E-state index in [9.17, 15) is 0 Å². The van der Waals surface area contributed by atoms with Gasteiger partial charge < -0.3 is 0 Å². The van der Waals surface area contributed by atoms with Crippen molar-refractivity contribution >= 4 is 7.26 Å². The molecule has 1 saturated heterocycles. The zero-order chi connectivity index (χ0) is 8.48. The molecule has 1 aliphatic rings. The van der Waals surface area contributed by atoms with Crippen molar-refractivity contribution < 1.29 is 0 Å². The van der Waals surface area contributed by atoms with Crippen LogP contribution in [0.3, 0.4) is 0 Å². The first-order chi connectivity index (χ1) is 5.09. The van der Waals surface area contributed by atoms with Crippen LogP contribution in [-0.4, -0.2) is 23.6 Å². The average Bonchev–Trinajstić information content (AvgIpc) is 2.34. The zero-order valence-electron chi connectivity index (χ0n) is 8.48. The van der Waals surface area contributed by atoms with E-state index in [1.807, 2.05) is 0 Å². The van der Waals surface area contributed by atoms with E-state index < -0.39 is 7.26 Å². The second-order valence-corrected chi connectivity index (χ2v) is 10.5. The summed E-state index contributed by atoms with van der Waals surface area (Å²) in [6, 6.07) is 0. The number of hydrogen-bond acceptors (Lipinski definition) is 0. The first-order valence-corrected chi connectivity index (χ1v) is 7.66. The molecule has 0 bridgehead atoms. The first kappa shape index (κ1) is 9.52. The molecule has 1 heterocycles. The van der Waals surface area contributed by atoms with Gasteiger partial charge in [0.25, 0.3) is 0 Å². The summed E-state index contributed by atoms with van der Waals surface area (Å²) in [5, 5.41) is 0. The van der Waals surface area contributed by atoms with Crippen LogP contribution in [0.4, 0.5) is 0 Å². The third-order valence-corrected chi connectivity index (χ3v) is 11.0. The minimum atomic E-state index is -0.787. The molecular weight excluding hydrogens is 151 g/mol. The molecule has 68 valence electrons. The fourth-order valence-electron chi connectivity index (χ4n) is 2.85. The summed E-state index contributed by atoms with van der Waals surface area (Å²) in [4.78, 5) is 0. The van der Waals surface area contributed by atoms with Crippen molar-refractivity contribution in [2.75, 3.05) is 12.3 Å². The van der Waals surface area contributed by atoms with Crippen molar-refractivity contribution in [1.29, 1.82) is 0 Å². The van der Waals surface area contributed by atoms with E-state index in [2.05, 4.69) is 27.7 Å². The molecule has 0 nitrogen and oxygen atoms in total. The minimum absolute atomic E-state index is 0.787. The standard InChI is InChI=1S/C10H23P/c1-9(2)11(10(3)4)7-5-6-8-11/h9-11H,5-8H2,1-4H3. The van der Waals surface area contributed by atoms with Gasteiger partial charge in [-0.3, -0.25) is 0 Å². The molecule has 0 spiro atoms. The summed E-state index contributed by atoms with van der Waals surface area (Å²) < 4.78 is 0. The molecule has 11 heavy (non-hydrogen) atoms. The molecule has 0 N–H and O–H groups in total. The summed E-state index contributed by atoms with van der Waals surface area (Å²) in [6.07, 6.45) is 6.29. The number of rotatable bonds is 2. The van der Waals surface area contributed by atoms with Gasteiger partial charge in [0.1, 0.15) is 0 Å². The van der Waals surface area contributed by atoms with Crippen LogP contribution in [0.25, 0.3) is 0 Å². The van der Waals surface area contributed by atoms with E-state index in [1.54, 1.807) is 12.3 Å². The monoisotopic (exact) mass is 174 g/mol. The van der Waals surface area contributed by atoms with E-state index in [0.717, 1.165) is 11.3 Å². The van der Waals surface area contributed by atoms with Gasteiger partial charge in [-0.25, -0.2) is 0 Å². The molecule has 0 unspecified atom stereocenters. The second-order valence-electron chi connectivity index (χ2n) is 4.75. The molecule has 1 heteroatoms. The SMILES string of the molecule is CC(C)[PH]1(C(C)C)CCCC1. The van der Waals surface area contributed by atoms with Gasteiger partial charge in [0.2, 0.25) is 0 Å². The Morgan fingerprint density at radius 3 is 1.36 bits per heavy atom. The number of hydrogen-bond donors (Lipinski definition) is 0. The van der Waals surface area contributed by atoms with E-state index in [4.69, 9.17) is 0 Å². The van der Waals surface area contributed by atoms with Crippen molar-refractivity contribution in [2.24, 2.45) is 0 Å². The Labute approximate surface area is 72.1 Å². The topological polar surface area (TPSA) is 0 Å². The third kappa shape index (κ3) is 1.61. The summed E-state index contributed by atoms with van der Waals surface area (Å²) in [5.74, 6) is 0. The van der Waals surface area contributed by atoms with E-state index in [0.29, 0.717) is 0 Å². The van der Waals surface area contributed by atoms with Gasteiger partial charge >= 0.3 is 71.4 Å². The van der Waals surface area contributed by atoms with Gasteiger partial charge in [0.15, 0.2) is 0 Å². The molecule has 1 rings (SSSR count). The van der Waals surface area contributed by atoms with Crippen LogP contribution in [0.1, 0.15) is 40.5 Å². The van der Waals surface area contributed by atoms with Crippen LogP contribution in [0.5, 0.6) is 0 Å². The molecule has 0 aliphatic carbocycles. The first-order valence-electron chi connectivity index (χ1n) is 5.09. The van der Waals surface area contributed by atoms with Crippen molar-refractivity contribution in [2.45, 2.75) is 51.9 Å². The van der Waals surface area contributed by atoms with Crippen LogP contribution >= 0.6 is 7.26 Å². The Balaban J connectivity index is 2.70. The van der Waals surface area contributed by atoms with Gasteiger partial charge in [0, 0.05) is 0 Å². The molecule has 0 saturated carbocycles. The molecule has 1 aliphatic heterocycles. The van der Waals surface area contributed by atoms with Crippen LogP contribution in [0.15, 0.2) is 0 Å². The zero-order valence-corrected chi connectivity index (χ0v) is 9.48. The van der Waals surface area contributed by atoms with Crippen LogP contribution < -0.4 is 0 Å². The molecular formula is C10H23P. The molecule has 0 aromatic carbocycles. The molecule has 0 amide bonds. The molecule has 0 radical (unpaired) electrons. The fraction of sp³-hybridized carbons (Fsp3) is 1.00. The molecule has 1 fully saturated rings. The van der Waals surface area contributed by atoms with Gasteiger partial charge in [-0.2, -0.15) is 0 Å². The van der Waals surface area contributed by atoms with Gasteiger partial charge in [-0.05, 0) is 0 Å². The maximum absolute atomic E-state index is 2.46. The Kier molecular flexibility index (Phi) is 2.97. The Bertz CT molecular complexity index is 111. The molecule has 0 atom stereocenters. The Morgan fingerprint density at radius 2 is 1.18 bits per heavy atom. The van der Waals surface area contributed by atoms with Crippen LogP contribution in [0, 0.1) is 0 Å². The van der Waals surface area contributed by atoms with Crippen molar-refractivity contribution in [3.63, 3.8) is 0 Å². The molecule has 0 aromatic heterocycles. The van der Waals surface area contributed by atoms with Crippen molar-refractivity contribution in [3.05, 3.63) is 0 Å². The van der Waals surface area contributed by atoms with Gasteiger partial charge in [-0.1, -0.05) is 0 Å². The third-order valence-electron chi connectivity index (χ3n) is 3.83. The summed E-state index contributed by atoms with van der Waals surface area (Å²) in [5.41, 5.74) is 2.04. The quantitative estimate of drug-likeness (QED) is 0.563. The Morgan fingerprint density at radius 1 is 0.818 bits per heavy atom. The van der Waals surface area contributed by atoms with Crippen LogP contribution in [0.2, 0.25) is 0 Å². The van der Waals surface area contributed by atoms with Crippen molar-refractivity contribution in [1.82, 2.24) is 0 Å². The van der Waals surface area contributed by atoms with Gasteiger partial charge in [-0.15, -0.1) is 0 Å². The fourth-order valence-corrected chi connectivity index (χ4v) is 8.56. The summed E-state index contributed by atoms with van der Waals surface area (Å²) in [6.45, 7) is 9.82. The predicted octanol–water partition coefficient (Wildman–Crippen LogP) is 3.35. The van der Waals surface area contributed by atoms with E-state index >= 15 is 0 Å². The predicted molar refractivity (Wildman–Crippen MR) is 57.6 cm³/mol. The summed E-state index contributed by atoms with van der Waals surface area (Å²) >= 11 is 0. The van der Waals surface area contributed by atoms with E-state index in [-0.39, 0.29) is 0 Å². The average molecular weight is 174 g/mol. The van der Waals surface area contributed by atoms with Gasteiger partial charge in [0.05, 0.1) is 0 Å². The van der Waals surface area contributed by atoms with E-state index in [1.165, 1.54) is 12.8 Å². The summed E-state index contributed by atoms with van der Waals surface area (Å²) in [7, 11) is -0.787.